The summed E-state index contributed by atoms with van der Waals surface area (Å²) in [7, 11) is 0. The van der Waals surface area contributed by atoms with E-state index in [0.717, 1.165) is 42.3 Å². The van der Waals surface area contributed by atoms with E-state index in [1.807, 2.05) is 4.68 Å². The Morgan fingerprint density at radius 3 is 2.80 bits per heavy atom. The number of aromatic nitrogens is 2. The van der Waals surface area contributed by atoms with Gasteiger partial charge in [0.15, 0.2) is 0 Å². The van der Waals surface area contributed by atoms with E-state index >= 15 is 0 Å². The van der Waals surface area contributed by atoms with Crippen molar-refractivity contribution < 1.29 is 4.74 Å². The molecule has 0 unspecified atom stereocenters. The zero-order valence-electron chi connectivity index (χ0n) is 9.29. The Morgan fingerprint density at radius 1 is 1.47 bits per heavy atom. The second-order valence-corrected chi connectivity index (χ2v) is 4.29. The van der Waals surface area contributed by atoms with Gasteiger partial charge in [-0.2, -0.15) is 5.10 Å². The van der Waals surface area contributed by atoms with E-state index in [4.69, 9.17) is 16.3 Å². The van der Waals surface area contributed by atoms with Crippen molar-refractivity contribution >= 4 is 11.6 Å². The number of rotatable bonds is 3. The minimum absolute atomic E-state index is 0.420. The summed E-state index contributed by atoms with van der Waals surface area (Å²) < 4.78 is 7.37. The maximum absolute atomic E-state index is 6.32. The highest BCUT2D eigenvalue weighted by atomic mass is 35.5. The van der Waals surface area contributed by atoms with Crippen molar-refractivity contribution in [3.05, 3.63) is 16.4 Å². The van der Waals surface area contributed by atoms with Crippen LogP contribution in [0, 0.1) is 0 Å². The van der Waals surface area contributed by atoms with Crippen LogP contribution in [0.5, 0.6) is 0 Å². The molecule has 0 spiro atoms. The molecule has 2 heterocycles. The van der Waals surface area contributed by atoms with Crippen LogP contribution in [0.3, 0.4) is 0 Å². The van der Waals surface area contributed by atoms with Gasteiger partial charge in [-0.15, -0.1) is 0 Å². The van der Waals surface area contributed by atoms with Crippen LogP contribution in [0.25, 0.3) is 0 Å². The molecule has 0 amide bonds. The van der Waals surface area contributed by atoms with Gasteiger partial charge in [0.05, 0.1) is 24.9 Å². The molecule has 1 aliphatic heterocycles. The average Bonchev–Trinajstić information content (AvgIpc) is 2.60. The fraction of sp³-hybridized carbons (Fsp3) is 0.727. The lowest BCUT2D eigenvalue weighted by atomic mass is 10.1. The topological polar surface area (TPSA) is 27.1 Å². The van der Waals surface area contributed by atoms with Gasteiger partial charge in [0.25, 0.3) is 0 Å². The van der Waals surface area contributed by atoms with Gasteiger partial charge < -0.3 is 4.74 Å². The molecule has 0 N–H and O–H groups in total. The summed E-state index contributed by atoms with van der Waals surface area (Å²) in [4.78, 5) is 0. The number of hydrogen-bond acceptors (Lipinski definition) is 2. The van der Waals surface area contributed by atoms with E-state index in [9.17, 15) is 0 Å². The van der Waals surface area contributed by atoms with Gasteiger partial charge in [-0.1, -0.05) is 25.4 Å². The first-order valence-corrected chi connectivity index (χ1v) is 5.99. The van der Waals surface area contributed by atoms with E-state index in [1.54, 1.807) is 0 Å². The van der Waals surface area contributed by atoms with Crippen molar-refractivity contribution in [2.75, 3.05) is 6.61 Å². The molecule has 1 aliphatic rings. The van der Waals surface area contributed by atoms with Crippen LogP contribution >= 0.6 is 11.6 Å². The number of fused-ring (bicyclic) bond motifs is 1. The second kappa shape index (κ2) is 4.54. The molecule has 2 rings (SSSR count). The van der Waals surface area contributed by atoms with Crippen molar-refractivity contribution in [3.63, 3.8) is 0 Å². The molecule has 0 atom stereocenters. The lowest BCUT2D eigenvalue weighted by Gasteiger charge is -2.14. The lowest BCUT2D eigenvalue weighted by Crippen LogP contribution is -2.09. The first kappa shape index (κ1) is 11.0. The Balaban J connectivity index is 2.36. The summed E-state index contributed by atoms with van der Waals surface area (Å²) in [6.45, 7) is 5.72. The van der Waals surface area contributed by atoms with Crippen LogP contribution in [0.4, 0.5) is 0 Å². The summed E-state index contributed by atoms with van der Waals surface area (Å²) in [6, 6.07) is 0.420. The largest absolute Gasteiger partial charge is 0.376 e. The highest BCUT2D eigenvalue weighted by molar-refractivity contribution is 6.30. The van der Waals surface area contributed by atoms with E-state index < -0.39 is 0 Å². The quantitative estimate of drug-likeness (QED) is 0.796. The highest BCUT2D eigenvalue weighted by Gasteiger charge is 2.22. The maximum Gasteiger partial charge on any atom is 0.133 e. The predicted octanol–water partition coefficient (Wildman–Crippen LogP) is 2.97. The Morgan fingerprint density at radius 2 is 2.20 bits per heavy atom. The second-order valence-electron chi connectivity index (χ2n) is 3.93. The van der Waals surface area contributed by atoms with E-state index in [0.29, 0.717) is 12.6 Å². The third-order valence-electron chi connectivity index (χ3n) is 3.04. The minimum Gasteiger partial charge on any atom is -0.376 e. The Hall–Kier alpha value is -0.540. The van der Waals surface area contributed by atoms with Gasteiger partial charge in [-0.25, -0.2) is 0 Å². The SMILES string of the molecule is CCC(CC)n1nc2c(c1Cl)COCC2. The molecule has 84 valence electrons. The van der Waals surface area contributed by atoms with E-state index in [-0.39, 0.29) is 0 Å². The van der Waals surface area contributed by atoms with Crippen LogP contribution in [0.2, 0.25) is 5.15 Å². The molecule has 0 aliphatic carbocycles. The Labute approximate surface area is 95.4 Å². The number of ether oxygens (including phenoxy) is 1. The van der Waals surface area contributed by atoms with Gasteiger partial charge >= 0.3 is 0 Å². The Bertz CT molecular complexity index is 345. The molecular weight excluding hydrogens is 212 g/mol. The zero-order valence-corrected chi connectivity index (χ0v) is 10.0. The first-order valence-electron chi connectivity index (χ1n) is 5.61. The molecule has 15 heavy (non-hydrogen) atoms. The fourth-order valence-electron chi connectivity index (χ4n) is 2.05. The molecule has 0 saturated carbocycles. The molecule has 0 radical (unpaired) electrons. The van der Waals surface area contributed by atoms with Gasteiger partial charge in [-0.3, -0.25) is 4.68 Å². The Kier molecular flexibility index (Phi) is 3.32. The van der Waals surface area contributed by atoms with Crippen molar-refractivity contribution in [1.82, 2.24) is 9.78 Å². The van der Waals surface area contributed by atoms with E-state index in [1.165, 1.54) is 0 Å². The van der Waals surface area contributed by atoms with Crippen molar-refractivity contribution in [1.29, 1.82) is 0 Å². The molecule has 0 fully saturated rings. The van der Waals surface area contributed by atoms with Gasteiger partial charge in [0.1, 0.15) is 5.15 Å². The smallest absolute Gasteiger partial charge is 0.133 e. The molecule has 0 aromatic carbocycles. The molecule has 1 aromatic heterocycles. The van der Waals surface area contributed by atoms with Crippen LogP contribution in [0.15, 0.2) is 0 Å². The summed E-state index contributed by atoms with van der Waals surface area (Å²) in [6.07, 6.45) is 3.03. The number of hydrogen-bond donors (Lipinski definition) is 0. The third kappa shape index (κ3) is 1.91. The summed E-state index contributed by atoms with van der Waals surface area (Å²) >= 11 is 6.32. The van der Waals surface area contributed by atoms with Gasteiger partial charge in [0, 0.05) is 12.0 Å². The first-order chi connectivity index (χ1) is 7.27. The molecule has 3 nitrogen and oxygen atoms in total. The third-order valence-corrected chi connectivity index (χ3v) is 3.45. The molecule has 4 heteroatoms. The van der Waals surface area contributed by atoms with Crippen LogP contribution in [-0.4, -0.2) is 16.4 Å². The van der Waals surface area contributed by atoms with Crippen LogP contribution in [0.1, 0.15) is 44.0 Å². The summed E-state index contributed by atoms with van der Waals surface area (Å²) in [5.41, 5.74) is 2.22. The standard InChI is InChI=1S/C11H17ClN2O/c1-3-8(4-2)14-11(12)9-7-15-6-5-10(9)13-14/h8H,3-7H2,1-2H3. The normalized spacial score (nSPS) is 15.7. The zero-order chi connectivity index (χ0) is 10.8. The molecule has 1 aromatic rings. The van der Waals surface area contributed by atoms with Crippen LogP contribution in [-0.2, 0) is 17.8 Å². The average molecular weight is 229 g/mol. The summed E-state index contributed by atoms with van der Waals surface area (Å²) in [5.74, 6) is 0. The molecule has 0 saturated heterocycles. The minimum atomic E-state index is 0.420. The monoisotopic (exact) mass is 228 g/mol. The van der Waals surface area contributed by atoms with E-state index in [2.05, 4.69) is 18.9 Å². The van der Waals surface area contributed by atoms with Gasteiger partial charge in [-0.05, 0) is 12.8 Å². The van der Waals surface area contributed by atoms with Crippen molar-refractivity contribution in [3.8, 4) is 0 Å². The molecular formula is C11H17ClN2O. The lowest BCUT2D eigenvalue weighted by molar-refractivity contribution is 0.110. The van der Waals surface area contributed by atoms with Crippen LogP contribution < -0.4 is 0 Å². The highest BCUT2D eigenvalue weighted by Crippen LogP contribution is 2.29. The predicted molar refractivity (Wildman–Crippen MR) is 60.2 cm³/mol. The fourth-order valence-corrected chi connectivity index (χ4v) is 2.39. The molecule has 0 bridgehead atoms. The summed E-state index contributed by atoms with van der Waals surface area (Å²) in [5, 5.41) is 5.37. The van der Waals surface area contributed by atoms with Gasteiger partial charge in [0.2, 0.25) is 0 Å². The van der Waals surface area contributed by atoms with Crippen molar-refractivity contribution in [2.45, 2.75) is 45.8 Å². The number of halogens is 1. The number of nitrogens with zero attached hydrogens (tertiary/aromatic N) is 2. The van der Waals surface area contributed by atoms with Crippen molar-refractivity contribution in [2.24, 2.45) is 0 Å². The maximum atomic E-state index is 6.32.